The van der Waals surface area contributed by atoms with Crippen LogP contribution >= 0.6 is 0 Å². The van der Waals surface area contributed by atoms with Crippen LogP contribution < -0.4 is 16.2 Å². The number of hydrogen-bond donors (Lipinski definition) is 2. The monoisotopic (exact) mass is 270 g/mol. The van der Waals surface area contributed by atoms with Gasteiger partial charge < -0.3 is 25.7 Å². The van der Waals surface area contributed by atoms with Crippen molar-refractivity contribution in [2.24, 2.45) is 0 Å². The highest BCUT2D eigenvalue weighted by atomic mass is 16.7. The maximum Gasteiger partial charge on any atom is 0.225 e. The molecule has 19 heavy (non-hydrogen) atoms. The summed E-state index contributed by atoms with van der Waals surface area (Å²) in [5, 5.41) is 0. The molecule has 1 unspecified atom stereocenters. The number of anilines is 2. The topological polar surface area (TPSA) is 106 Å². The Labute approximate surface area is 113 Å². The van der Waals surface area contributed by atoms with Crippen molar-refractivity contribution in [1.29, 1.82) is 0 Å². The van der Waals surface area contributed by atoms with Gasteiger partial charge in [0.15, 0.2) is 5.79 Å². The van der Waals surface area contributed by atoms with E-state index in [0.29, 0.717) is 19.1 Å². The molecule has 1 fully saturated rings. The Morgan fingerprint density at radius 1 is 1.37 bits per heavy atom. The summed E-state index contributed by atoms with van der Waals surface area (Å²) in [4.78, 5) is 7.65. The molecule has 2 rings (SSSR count). The molecular formula is C12H22N4O3. The first-order valence-corrected chi connectivity index (χ1v) is 6.29. The van der Waals surface area contributed by atoms with E-state index in [-0.39, 0.29) is 17.9 Å². The lowest BCUT2D eigenvalue weighted by Crippen LogP contribution is -2.25. The van der Waals surface area contributed by atoms with Crippen LogP contribution in [0.2, 0.25) is 0 Å². The van der Waals surface area contributed by atoms with Gasteiger partial charge in [-0.05, 0) is 13.8 Å². The zero-order valence-corrected chi connectivity index (χ0v) is 11.8. The lowest BCUT2D eigenvalue weighted by Gasteiger charge is -2.17. The first-order chi connectivity index (χ1) is 8.94. The van der Waals surface area contributed by atoms with Crippen molar-refractivity contribution >= 4 is 11.8 Å². The molecular weight excluding hydrogens is 248 g/mol. The van der Waals surface area contributed by atoms with Gasteiger partial charge >= 0.3 is 0 Å². The molecule has 7 nitrogen and oxygen atoms in total. The second-order valence-electron chi connectivity index (χ2n) is 4.25. The van der Waals surface area contributed by atoms with Gasteiger partial charge in [-0.15, -0.1) is 0 Å². The van der Waals surface area contributed by atoms with Crippen LogP contribution in [0, 0.1) is 0 Å². The highest BCUT2D eigenvalue weighted by Gasteiger charge is 2.33. The number of nitrogen functional groups attached to an aromatic ring is 2. The average Bonchev–Trinajstić information content (AvgIpc) is 2.68. The lowest BCUT2D eigenvalue weighted by atomic mass is 10.4. The molecule has 7 heteroatoms. The van der Waals surface area contributed by atoms with E-state index in [1.54, 1.807) is 0 Å². The molecule has 0 amide bonds. The predicted octanol–water partition coefficient (Wildman–Crippen LogP) is 1.20. The van der Waals surface area contributed by atoms with Crippen LogP contribution in [-0.2, 0) is 9.47 Å². The van der Waals surface area contributed by atoms with Crippen molar-refractivity contribution < 1.29 is 14.2 Å². The number of hydrogen-bond acceptors (Lipinski definition) is 7. The van der Waals surface area contributed by atoms with Gasteiger partial charge in [-0.3, -0.25) is 0 Å². The Morgan fingerprint density at radius 2 is 2.05 bits per heavy atom. The summed E-state index contributed by atoms with van der Waals surface area (Å²) in [5.41, 5.74) is 11.0. The molecule has 0 bridgehead atoms. The van der Waals surface area contributed by atoms with Crippen LogP contribution in [0.5, 0.6) is 5.88 Å². The van der Waals surface area contributed by atoms with Crippen molar-refractivity contribution in [2.75, 3.05) is 24.7 Å². The maximum atomic E-state index is 5.58. The molecule has 0 aromatic carbocycles. The summed E-state index contributed by atoms with van der Waals surface area (Å²) < 4.78 is 16.4. The van der Waals surface area contributed by atoms with Crippen LogP contribution in [0.25, 0.3) is 0 Å². The van der Waals surface area contributed by atoms with Crippen molar-refractivity contribution in [3.8, 4) is 5.88 Å². The zero-order valence-electron chi connectivity index (χ0n) is 11.8. The third-order valence-electron chi connectivity index (χ3n) is 2.22. The minimum Gasteiger partial charge on any atom is -0.475 e. The summed E-state index contributed by atoms with van der Waals surface area (Å²) in [5.74, 6) is 0.140. The van der Waals surface area contributed by atoms with E-state index in [0.717, 1.165) is 0 Å². The molecule has 1 aromatic rings. The van der Waals surface area contributed by atoms with Gasteiger partial charge in [-0.25, -0.2) is 0 Å². The summed E-state index contributed by atoms with van der Waals surface area (Å²) in [7, 11) is 0. The summed E-state index contributed by atoms with van der Waals surface area (Å²) in [6.45, 7) is 8.53. The zero-order chi connectivity index (χ0) is 14.5. The van der Waals surface area contributed by atoms with Gasteiger partial charge in [0.2, 0.25) is 11.8 Å². The Balaban J connectivity index is 0.000000861. The second-order valence-corrected chi connectivity index (χ2v) is 4.25. The fraction of sp³-hybridized carbons (Fsp3) is 0.667. The van der Waals surface area contributed by atoms with E-state index in [2.05, 4.69) is 9.97 Å². The molecule has 0 radical (unpaired) electrons. The standard InChI is InChI=1S/C10H16N4O3.C2H6/c1-10(2)16-5-6(17-10)4-15-8-3-7(11)13-9(12)14-8;1-2/h3,6H,4-5H2,1-2H3,(H4,11,12,13,14);1-2H3. The van der Waals surface area contributed by atoms with Crippen LogP contribution in [-0.4, -0.2) is 35.1 Å². The Hall–Kier alpha value is -1.60. The Morgan fingerprint density at radius 3 is 2.58 bits per heavy atom. The molecule has 1 aliphatic rings. The first-order valence-electron chi connectivity index (χ1n) is 6.29. The summed E-state index contributed by atoms with van der Waals surface area (Å²) >= 11 is 0. The van der Waals surface area contributed by atoms with E-state index in [1.165, 1.54) is 6.07 Å². The molecule has 0 aliphatic carbocycles. The predicted molar refractivity (Wildman–Crippen MR) is 72.6 cm³/mol. The highest BCUT2D eigenvalue weighted by Crippen LogP contribution is 2.23. The molecule has 1 aliphatic heterocycles. The second kappa shape index (κ2) is 6.53. The van der Waals surface area contributed by atoms with E-state index < -0.39 is 5.79 Å². The van der Waals surface area contributed by atoms with Gasteiger partial charge in [0.05, 0.1) is 6.61 Å². The quantitative estimate of drug-likeness (QED) is 0.849. The largest absolute Gasteiger partial charge is 0.475 e. The number of nitrogens with zero attached hydrogens (tertiary/aromatic N) is 2. The van der Waals surface area contributed by atoms with E-state index in [4.69, 9.17) is 25.7 Å². The fourth-order valence-corrected chi connectivity index (χ4v) is 1.56. The van der Waals surface area contributed by atoms with E-state index in [1.807, 2.05) is 27.7 Å². The van der Waals surface area contributed by atoms with Crippen molar-refractivity contribution in [3.05, 3.63) is 6.07 Å². The third-order valence-corrected chi connectivity index (χ3v) is 2.22. The minimum absolute atomic E-state index is 0.0870. The molecule has 108 valence electrons. The number of rotatable bonds is 3. The molecule has 0 saturated carbocycles. The van der Waals surface area contributed by atoms with E-state index >= 15 is 0 Å². The maximum absolute atomic E-state index is 5.58. The molecule has 1 saturated heterocycles. The molecule has 0 spiro atoms. The SMILES string of the molecule is CC.CC1(C)OCC(COc2cc(N)nc(N)n2)O1. The van der Waals surface area contributed by atoms with Crippen molar-refractivity contribution in [3.63, 3.8) is 0 Å². The van der Waals surface area contributed by atoms with Crippen LogP contribution in [0.3, 0.4) is 0 Å². The van der Waals surface area contributed by atoms with Crippen molar-refractivity contribution in [2.45, 2.75) is 39.6 Å². The minimum atomic E-state index is -0.558. The van der Waals surface area contributed by atoms with Crippen LogP contribution in [0.1, 0.15) is 27.7 Å². The molecule has 2 heterocycles. The Kier molecular flexibility index (Phi) is 5.31. The van der Waals surface area contributed by atoms with Crippen LogP contribution in [0.15, 0.2) is 6.07 Å². The first kappa shape index (κ1) is 15.5. The smallest absolute Gasteiger partial charge is 0.225 e. The normalized spacial score (nSPS) is 20.5. The van der Waals surface area contributed by atoms with E-state index in [9.17, 15) is 0 Å². The third kappa shape index (κ3) is 4.88. The number of aromatic nitrogens is 2. The van der Waals surface area contributed by atoms with Gasteiger partial charge in [0.25, 0.3) is 0 Å². The summed E-state index contributed by atoms with van der Waals surface area (Å²) in [6, 6.07) is 1.51. The van der Waals surface area contributed by atoms with Crippen LogP contribution in [0.4, 0.5) is 11.8 Å². The van der Waals surface area contributed by atoms with Gasteiger partial charge in [0, 0.05) is 6.07 Å². The molecule has 1 aromatic heterocycles. The lowest BCUT2D eigenvalue weighted by molar-refractivity contribution is -0.141. The van der Waals surface area contributed by atoms with Gasteiger partial charge in [-0.2, -0.15) is 9.97 Å². The van der Waals surface area contributed by atoms with Gasteiger partial charge in [0.1, 0.15) is 18.5 Å². The number of nitrogens with two attached hydrogens (primary N) is 2. The Bertz CT molecular complexity index is 392. The molecule has 1 atom stereocenters. The molecule has 4 N–H and O–H groups in total. The van der Waals surface area contributed by atoms with Gasteiger partial charge in [-0.1, -0.05) is 13.8 Å². The average molecular weight is 270 g/mol. The van der Waals surface area contributed by atoms with Crippen molar-refractivity contribution in [1.82, 2.24) is 9.97 Å². The summed E-state index contributed by atoms with van der Waals surface area (Å²) in [6.07, 6.45) is -0.123. The highest BCUT2D eigenvalue weighted by molar-refractivity contribution is 5.38. The fourth-order valence-electron chi connectivity index (χ4n) is 1.56. The number of ether oxygens (including phenoxy) is 3.